The molecule has 1 fully saturated rings. The van der Waals surface area contributed by atoms with Crippen molar-refractivity contribution in [1.29, 1.82) is 5.26 Å². The molecule has 1 saturated carbocycles. The lowest BCUT2D eigenvalue weighted by atomic mass is 9.78. The highest BCUT2D eigenvalue weighted by atomic mass is 16.5. The van der Waals surface area contributed by atoms with Gasteiger partial charge in [0.2, 0.25) is 0 Å². The first-order valence-electron chi connectivity index (χ1n) is 18.2. The Kier molecular flexibility index (Phi) is 18.2. The van der Waals surface area contributed by atoms with Crippen LogP contribution in [-0.2, 0) is 0 Å². The Balaban J connectivity index is 1.30. The van der Waals surface area contributed by atoms with Crippen LogP contribution in [0.2, 0.25) is 0 Å². The third-order valence-corrected chi connectivity index (χ3v) is 9.34. The number of unbranched alkanes of at least 4 members (excludes halogenated alkanes) is 11. The minimum Gasteiger partial charge on any atom is -0.494 e. The molecule has 0 atom stereocenters. The number of carbonyl (C=O) groups is 1. The number of rotatable bonds is 23. The van der Waals surface area contributed by atoms with Gasteiger partial charge in [0.05, 0.1) is 24.3 Å². The Labute approximate surface area is 274 Å². The predicted octanol–water partition coefficient (Wildman–Crippen LogP) is 11.6. The summed E-state index contributed by atoms with van der Waals surface area (Å²) in [6.07, 6.45) is 26.1. The zero-order chi connectivity index (χ0) is 32.0. The molecular weight excluding hydrogens is 558 g/mol. The van der Waals surface area contributed by atoms with Gasteiger partial charge in [-0.15, -0.1) is 0 Å². The lowest BCUT2D eigenvalue weighted by molar-refractivity contribution is 0.0734. The standard InChI is InChI=1S/C40H59NO4/c1-3-5-7-8-9-10-11-12-13-15-29-44-38-27-28-39(35(31-38)32-41)40(42)45-37-25-23-36(24-26-37)43-30-16-18-34-21-19-33(20-22-34)17-14-6-4-2/h23-28,31,33-34H,3-22,29-30H2,1-2H3/t33-,34-. The van der Waals surface area contributed by atoms with Crippen LogP contribution in [0.1, 0.15) is 158 Å². The topological polar surface area (TPSA) is 68.6 Å². The van der Waals surface area contributed by atoms with E-state index >= 15 is 0 Å². The SMILES string of the molecule is CCCCCCCCCCCCOc1ccc(C(=O)Oc2ccc(OCCC[C@H]3CC[C@H](CCCCC)CC3)cc2)c(C#N)c1. The van der Waals surface area contributed by atoms with E-state index in [1.807, 2.05) is 12.1 Å². The van der Waals surface area contributed by atoms with Crippen LogP contribution in [0.4, 0.5) is 0 Å². The van der Waals surface area contributed by atoms with Gasteiger partial charge in [-0.25, -0.2) is 4.79 Å². The first-order valence-corrected chi connectivity index (χ1v) is 18.2. The van der Waals surface area contributed by atoms with E-state index in [1.54, 1.807) is 30.3 Å². The predicted molar refractivity (Wildman–Crippen MR) is 184 cm³/mol. The molecule has 1 aliphatic carbocycles. The summed E-state index contributed by atoms with van der Waals surface area (Å²) in [5.41, 5.74) is 0.490. The second-order valence-electron chi connectivity index (χ2n) is 13.1. The Morgan fingerprint density at radius 2 is 1.13 bits per heavy atom. The van der Waals surface area contributed by atoms with Gasteiger partial charge in [-0.1, -0.05) is 123 Å². The van der Waals surface area contributed by atoms with Crippen LogP contribution in [-0.4, -0.2) is 19.2 Å². The summed E-state index contributed by atoms with van der Waals surface area (Å²) in [5, 5.41) is 9.66. The minimum absolute atomic E-state index is 0.235. The van der Waals surface area contributed by atoms with Gasteiger partial charge >= 0.3 is 5.97 Å². The van der Waals surface area contributed by atoms with Crippen molar-refractivity contribution in [1.82, 2.24) is 0 Å². The molecule has 5 heteroatoms. The number of hydrogen-bond acceptors (Lipinski definition) is 5. The van der Waals surface area contributed by atoms with Crippen molar-refractivity contribution in [3.63, 3.8) is 0 Å². The van der Waals surface area contributed by atoms with Gasteiger partial charge in [0.1, 0.15) is 23.3 Å². The van der Waals surface area contributed by atoms with Gasteiger partial charge in [0, 0.05) is 0 Å². The second kappa shape index (κ2) is 22.5. The highest BCUT2D eigenvalue weighted by Gasteiger charge is 2.20. The number of nitriles is 1. The summed E-state index contributed by atoms with van der Waals surface area (Å²) in [5.74, 6) is 3.06. The van der Waals surface area contributed by atoms with Crippen molar-refractivity contribution in [2.45, 2.75) is 142 Å². The normalized spacial score (nSPS) is 16.2. The van der Waals surface area contributed by atoms with Crippen LogP contribution in [0.5, 0.6) is 17.2 Å². The summed E-state index contributed by atoms with van der Waals surface area (Å²) in [7, 11) is 0. The monoisotopic (exact) mass is 617 g/mol. The van der Waals surface area contributed by atoms with Crippen molar-refractivity contribution in [3.05, 3.63) is 53.6 Å². The molecule has 5 nitrogen and oxygen atoms in total. The minimum atomic E-state index is -0.554. The highest BCUT2D eigenvalue weighted by molar-refractivity contribution is 5.94. The van der Waals surface area contributed by atoms with Crippen LogP contribution in [0.25, 0.3) is 0 Å². The molecule has 0 N–H and O–H groups in total. The number of nitrogens with zero attached hydrogens (tertiary/aromatic N) is 1. The van der Waals surface area contributed by atoms with Gasteiger partial charge in [0.25, 0.3) is 0 Å². The molecule has 248 valence electrons. The summed E-state index contributed by atoms with van der Waals surface area (Å²) in [6.45, 7) is 5.85. The van der Waals surface area contributed by atoms with Crippen LogP contribution >= 0.6 is 0 Å². The van der Waals surface area contributed by atoms with Crippen LogP contribution < -0.4 is 14.2 Å². The fraction of sp³-hybridized carbons (Fsp3) is 0.650. The van der Waals surface area contributed by atoms with Gasteiger partial charge in [-0.2, -0.15) is 5.26 Å². The fourth-order valence-electron chi connectivity index (χ4n) is 6.48. The van der Waals surface area contributed by atoms with E-state index in [1.165, 1.54) is 109 Å². The molecule has 0 heterocycles. The average molecular weight is 618 g/mol. The summed E-state index contributed by atoms with van der Waals surface area (Å²) < 4.78 is 17.4. The van der Waals surface area contributed by atoms with Crippen molar-refractivity contribution in [2.24, 2.45) is 11.8 Å². The molecule has 0 radical (unpaired) electrons. The first-order chi connectivity index (χ1) is 22.1. The highest BCUT2D eigenvalue weighted by Crippen LogP contribution is 2.34. The second-order valence-corrected chi connectivity index (χ2v) is 13.1. The molecule has 0 aliphatic heterocycles. The Bertz CT molecular complexity index is 1110. The largest absolute Gasteiger partial charge is 0.494 e. The molecule has 2 aromatic rings. The fourth-order valence-corrected chi connectivity index (χ4v) is 6.48. The van der Waals surface area contributed by atoms with Gasteiger partial charge in [-0.3, -0.25) is 0 Å². The number of ether oxygens (including phenoxy) is 3. The van der Waals surface area contributed by atoms with E-state index in [-0.39, 0.29) is 11.1 Å². The molecule has 0 spiro atoms. The van der Waals surface area contributed by atoms with Crippen molar-refractivity contribution < 1.29 is 19.0 Å². The van der Waals surface area contributed by atoms with Gasteiger partial charge in [0.15, 0.2) is 0 Å². The van der Waals surface area contributed by atoms with E-state index in [0.29, 0.717) is 24.7 Å². The average Bonchev–Trinajstić information content (AvgIpc) is 3.07. The van der Waals surface area contributed by atoms with Gasteiger partial charge in [-0.05, 0) is 73.6 Å². The van der Waals surface area contributed by atoms with Crippen LogP contribution in [0.3, 0.4) is 0 Å². The zero-order valence-electron chi connectivity index (χ0n) is 28.3. The molecule has 2 aromatic carbocycles. The van der Waals surface area contributed by atoms with E-state index in [0.717, 1.165) is 36.8 Å². The Morgan fingerprint density at radius 1 is 0.644 bits per heavy atom. The maximum atomic E-state index is 12.9. The summed E-state index contributed by atoms with van der Waals surface area (Å²) >= 11 is 0. The molecular formula is C40H59NO4. The van der Waals surface area contributed by atoms with E-state index in [2.05, 4.69) is 19.9 Å². The smallest absolute Gasteiger partial charge is 0.344 e. The molecule has 0 bridgehead atoms. The maximum Gasteiger partial charge on any atom is 0.344 e. The molecule has 0 saturated heterocycles. The first kappa shape index (κ1) is 36.5. The number of benzene rings is 2. The van der Waals surface area contributed by atoms with Crippen molar-refractivity contribution in [3.8, 4) is 23.3 Å². The Hall–Kier alpha value is -3.00. The lowest BCUT2D eigenvalue weighted by Gasteiger charge is -2.28. The zero-order valence-corrected chi connectivity index (χ0v) is 28.3. The van der Waals surface area contributed by atoms with Gasteiger partial charge < -0.3 is 14.2 Å². The third kappa shape index (κ3) is 14.8. The lowest BCUT2D eigenvalue weighted by Crippen LogP contribution is -2.15. The van der Waals surface area contributed by atoms with E-state index in [9.17, 15) is 10.1 Å². The van der Waals surface area contributed by atoms with Crippen molar-refractivity contribution in [2.75, 3.05) is 13.2 Å². The number of hydrogen-bond donors (Lipinski definition) is 0. The third-order valence-electron chi connectivity index (χ3n) is 9.34. The quantitative estimate of drug-likeness (QED) is 0.0705. The van der Waals surface area contributed by atoms with Crippen LogP contribution in [0, 0.1) is 23.2 Å². The van der Waals surface area contributed by atoms with Crippen molar-refractivity contribution >= 4 is 5.97 Å². The summed E-state index contributed by atoms with van der Waals surface area (Å²) in [4.78, 5) is 12.9. The summed E-state index contributed by atoms with van der Waals surface area (Å²) in [6, 6.07) is 14.2. The van der Waals surface area contributed by atoms with E-state index in [4.69, 9.17) is 14.2 Å². The Morgan fingerprint density at radius 3 is 1.76 bits per heavy atom. The molecule has 0 unspecified atom stereocenters. The molecule has 1 aliphatic rings. The molecule has 3 rings (SSSR count). The molecule has 45 heavy (non-hydrogen) atoms. The molecule has 0 amide bonds. The van der Waals surface area contributed by atoms with E-state index < -0.39 is 5.97 Å². The number of esters is 1. The number of carbonyl (C=O) groups excluding carboxylic acids is 1. The van der Waals surface area contributed by atoms with Crippen LogP contribution in [0.15, 0.2) is 42.5 Å². The molecule has 0 aromatic heterocycles. The maximum absolute atomic E-state index is 12.9.